The van der Waals surface area contributed by atoms with Crippen molar-refractivity contribution in [2.75, 3.05) is 5.32 Å². The summed E-state index contributed by atoms with van der Waals surface area (Å²) < 4.78 is 37.5. The van der Waals surface area contributed by atoms with Gasteiger partial charge in [-0.2, -0.15) is 0 Å². The summed E-state index contributed by atoms with van der Waals surface area (Å²) in [5.41, 5.74) is 1.44. The largest absolute Gasteiger partial charge is 0.479 e. The molecule has 0 aliphatic rings. The maximum Gasteiger partial charge on any atom is 0.347 e. The molecule has 2 atom stereocenters. The topological polar surface area (TPSA) is 111 Å². The fraction of sp³-hybridized carbons (Fsp3) is 0.364. The molecule has 168 valence electrons. The van der Waals surface area contributed by atoms with Crippen LogP contribution in [0.2, 0.25) is 0 Å². The molecule has 0 aliphatic carbocycles. The van der Waals surface area contributed by atoms with E-state index in [4.69, 9.17) is 9.47 Å². The third-order valence-corrected chi connectivity index (χ3v) is 5.83. The zero-order valence-electron chi connectivity index (χ0n) is 18.2. The van der Waals surface area contributed by atoms with Gasteiger partial charge in [0.2, 0.25) is 10.0 Å². The van der Waals surface area contributed by atoms with E-state index in [0.29, 0.717) is 11.4 Å². The Balaban J connectivity index is 1.91. The first kappa shape index (κ1) is 24.4. The van der Waals surface area contributed by atoms with Crippen molar-refractivity contribution >= 4 is 27.6 Å². The molecule has 0 spiro atoms. The number of aryl methyl sites for hydroxylation is 1. The summed E-state index contributed by atoms with van der Waals surface area (Å²) in [5.74, 6) is -0.703. The highest BCUT2D eigenvalue weighted by atomic mass is 32.2. The van der Waals surface area contributed by atoms with Crippen LogP contribution in [0, 0.1) is 6.92 Å². The van der Waals surface area contributed by atoms with Gasteiger partial charge in [0.25, 0.3) is 5.91 Å². The second kappa shape index (κ2) is 10.4. The van der Waals surface area contributed by atoms with Gasteiger partial charge in [0.15, 0.2) is 12.2 Å². The lowest BCUT2D eigenvalue weighted by Gasteiger charge is -2.18. The fourth-order valence-corrected chi connectivity index (χ4v) is 3.78. The van der Waals surface area contributed by atoms with E-state index >= 15 is 0 Å². The summed E-state index contributed by atoms with van der Waals surface area (Å²) in [6.45, 7) is 8.37. The summed E-state index contributed by atoms with van der Waals surface area (Å²) in [4.78, 5) is 24.6. The summed E-state index contributed by atoms with van der Waals surface area (Å²) >= 11 is 0. The Morgan fingerprint density at radius 2 is 1.45 bits per heavy atom. The first-order valence-corrected chi connectivity index (χ1v) is 11.3. The van der Waals surface area contributed by atoms with Gasteiger partial charge in [-0.1, -0.05) is 17.7 Å². The van der Waals surface area contributed by atoms with Crippen molar-refractivity contribution < 1.29 is 27.5 Å². The van der Waals surface area contributed by atoms with Crippen LogP contribution in [0.4, 0.5) is 5.69 Å². The number of carbonyl (C=O) groups excluding carboxylic acids is 2. The Kier molecular flexibility index (Phi) is 8.18. The van der Waals surface area contributed by atoms with Crippen molar-refractivity contribution in [2.24, 2.45) is 0 Å². The van der Waals surface area contributed by atoms with Crippen LogP contribution >= 0.6 is 0 Å². The van der Waals surface area contributed by atoms with E-state index in [0.717, 1.165) is 5.56 Å². The number of amides is 1. The first-order chi connectivity index (χ1) is 14.5. The molecule has 2 rings (SSSR count). The van der Waals surface area contributed by atoms with Gasteiger partial charge < -0.3 is 14.8 Å². The Labute approximate surface area is 183 Å². The van der Waals surface area contributed by atoms with Crippen LogP contribution in [-0.2, 0) is 24.3 Å². The van der Waals surface area contributed by atoms with Crippen molar-refractivity contribution in [1.82, 2.24) is 4.72 Å². The SMILES string of the molecule is Cc1ccc(OC(C)C(=O)OC(C)C(=O)Nc2ccc(S(=O)(=O)NC(C)C)cc2)cc1. The number of benzene rings is 2. The molecule has 0 radical (unpaired) electrons. The lowest BCUT2D eigenvalue weighted by Crippen LogP contribution is -2.35. The molecule has 0 saturated carbocycles. The molecule has 31 heavy (non-hydrogen) atoms. The van der Waals surface area contributed by atoms with Gasteiger partial charge in [-0.15, -0.1) is 0 Å². The molecule has 2 aromatic rings. The molecule has 8 nitrogen and oxygen atoms in total. The van der Waals surface area contributed by atoms with Crippen molar-refractivity contribution in [3.8, 4) is 5.75 Å². The zero-order chi connectivity index (χ0) is 23.2. The number of sulfonamides is 1. The Bertz CT molecular complexity index is 1000. The molecule has 0 aromatic heterocycles. The predicted octanol–water partition coefficient (Wildman–Crippen LogP) is 3.02. The first-order valence-electron chi connectivity index (χ1n) is 9.85. The molecule has 0 heterocycles. The minimum absolute atomic E-state index is 0.0840. The van der Waals surface area contributed by atoms with Gasteiger partial charge in [-0.25, -0.2) is 17.9 Å². The highest BCUT2D eigenvalue weighted by molar-refractivity contribution is 7.89. The van der Waals surface area contributed by atoms with Gasteiger partial charge in [-0.05, 0) is 71.0 Å². The number of esters is 1. The predicted molar refractivity (Wildman–Crippen MR) is 117 cm³/mol. The van der Waals surface area contributed by atoms with E-state index in [2.05, 4.69) is 10.0 Å². The molecular weight excluding hydrogens is 420 g/mol. The maximum atomic E-state index is 12.3. The number of hydrogen-bond acceptors (Lipinski definition) is 6. The molecule has 0 bridgehead atoms. The fourth-order valence-electron chi connectivity index (χ4n) is 2.53. The van der Waals surface area contributed by atoms with E-state index < -0.39 is 34.1 Å². The van der Waals surface area contributed by atoms with Crippen LogP contribution < -0.4 is 14.8 Å². The second-order valence-electron chi connectivity index (χ2n) is 7.44. The smallest absolute Gasteiger partial charge is 0.347 e. The number of rotatable bonds is 9. The van der Waals surface area contributed by atoms with Gasteiger partial charge in [0, 0.05) is 11.7 Å². The summed E-state index contributed by atoms with van der Waals surface area (Å²) in [6, 6.07) is 12.7. The molecule has 0 aliphatic heterocycles. The monoisotopic (exact) mass is 448 g/mol. The zero-order valence-corrected chi connectivity index (χ0v) is 19.0. The van der Waals surface area contributed by atoms with E-state index in [9.17, 15) is 18.0 Å². The Morgan fingerprint density at radius 3 is 2.00 bits per heavy atom. The van der Waals surface area contributed by atoms with Crippen molar-refractivity contribution in [3.63, 3.8) is 0 Å². The molecule has 9 heteroatoms. The minimum Gasteiger partial charge on any atom is -0.479 e. The molecule has 0 fully saturated rings. The Hall–Kier alpha value is -2.91. The average molecular weight is 449 g/mol. The van der Waals surface area contributed by atoms with E-state index in [1.807, 2.05) is 19.1 Å². The van der Waals surface area contributed by atoms with E-state index in [1.54, 1.807) is 26.0 Å². The maximum absolute atomic E-state index is 12.3. The number of anilines is 1. The number of carbonyl (C=O) groups is 2. The van der Waals surface area contributed by atoms with Crippen LogP contribution in [0.5, 0.6) is 5.75 Å². The van der Waals surface area contributed by atoms with Crippen LogP contribution in [-0.4, -0.2) is 38.5 Å². The lowest BCUT2D eigenvalue weighted by atomic mass is 10.2. The average Bonchev–Trinajstić information content (AvgIpc) is 2.69. The molecule has 2 aromatic carbocycles. The van der Waals surface area contributed by atoms with Crippen molar-refractivity contribution in [3.05, 3.63) is 54.1 Å². The van der Waals surface area contributed by atoms with Crippen LogP contribution in [0.25, 0.3) is 0 Å². The third kappa shape index (κ3) is 7.37. The highest BCUT2D eigenvalue weighted by Gasteiger charge is 2.23. The number of nitrogens with one attached hydrogen (secondary N) is 2. The van der Waals surface area contributed by atoms with Gasteiger partial charge in [0.1, 0.15) is 5.75 Å². The number of ether oxygens (including phenoxy) is 2. The molecule has 2 N–H and O–H groups in total. The summed E-state index contributed by atoms with van der Waals surface area (Å²) in [7, 11) is -3.62. The minimum atomic E-state index is -3.62. The van der Waals surface area contributed by atoms with Crippen molar-refractivity contribution in [1.29, 1.82) is 0 Å². The molecule has 1 amide bonds. The van der Waals surface area contributed by atoms with Crippen LogP contribution in [0.1, 0.15) is 33.3 Å². The van der Waals surface area contributed by atoms with Gasteiger partial charge in [0.05, 0.1) is 4.90 Å². The van der Waals surface area contributed by atoms with E-state index in [1.165, 1.54) is 38.1 Å². The quantitative estimate of drug-likeness (QED) is 0.571. The third-order valence-electron chi connectivity index (χ3n) is 4.15. The Morgan fingerprint density at radius 1 is 0.871 bits per heavy atom. The molecular formula is C22H28N2O6S. The number of hydrogen-bond donors (Lipinski definition) is 2. The lowest BCUT2D eigenvalue weighted by molar-refractivity contribution is -0.159. The second-order valence-corrected chi connectivity index (χ2v) is 9.16. The summed E-state index contributed by atoms with van der Waals surface area (Å²) in [6.07, 6.45) is -1.96. The standard InChI is InChI=1S/C22H28N2O6S/c1-14(2)24-31(27,28)20-12-8-18(9-13-20)23-21(25)16(4)30-22(26)17(5)29-19-10-6-15(3)7-11-19/h6-14,16-17,24H,1-5H3,(H,23,25). The normalized spacial score (nSPS) is 13.4. The molecule has 2 unspecified atom stereocenters. The van der Waals surface area contributed by atoms with Crippen molar-refractivity contribution in [2.45, 2.75) is 57.8 Å². The van der Waals surface area contributed by atoms with Crippen LogP contribution in [0.15, 0.2) is 53.4 Å². The summed E-state index contributed by atoms with van der Waals surface area (Å²) in [5, 5.41) is 2.59. The highest BCUT2D eigenvalue weighted by Crippen LogP contribution is 2.16. The van der Waals surface area contributed by atoms with E-state index in [-0.39, 0.29) is 10.9 Å². The molecule has 0 saturated heterocycles. The van der Waals surface area contributed by atoms with Crippen LogP contribution in [0.3, 0.4) is 0 Å². The van der Waals surface area contributed by atoms with Gasteiger partial charge in [-0.3, -0.25) is 4.79 Å². The van der Waals surface area contributed by atoms with Gasteiger partial charge >= 0.3 is 5.97 Å².